The Bertz CT molecular complexity index is 616. The minimum atomic E-state index is -0.867. The van der Waals surface area contributed by atoms with Gasteiger partial charge in [0.15, 0.2) is 0 Å². The molecule has 0 aliphatic rings. The molecule has 0 spiro atoms. The summed E-state index contributed by atoms with van der Waals surface area (Å²) in [6, 6.07) is 10.6. The number of benzene rings is 2. The van der Waals surface area contributed by atoms with Crippen LogP contribution in [-0.4, -0.2) is 19.3 Å². The summed E-state index contributed by atoms with van der Waals surface area (Å²) in [6.45, 7) is 0. The van der Waals surface area contributed by atoms with Gasteiger partial charge < -0.3 is 14.6 Å². The van der Waals surface area contributed by atoms with Crippen molar-refractivity contribution in [3.05, 3.63) is 57.0 Å². The summed E-state index contributed by atoms with van der Waals surface area (Å²) in [4.78, 5) is 0. The average molecular weight is 358 g/mol. The van der Waals surface area contributed by atoms with Crippen LogP contribution in [0.5, 0.6) is 11.5 Å². The molecule has 1 atom stereocenters. The predicted octanol–water partition coefficient (Wildman–Crippen LogP) is 4.20. The van der Waals surface area contributed by atoms with E-state index in [0.717, 1.165) is 4.47 Å². The van der Waals surface area contributed by atoms with Crippen LogP contribution in [0.15, 0.2) is 40.9 Å². The second-order valence-electron chi connectivity index (χ2n) is 4.18. The van der Waals surface area contributed by atoms with Gasteiger partial charge in [-0.3, -0.25) is 0 Å². The zero-order valence-corrected chi connectivity index (χ0v) is 13.4. The molecule has 0 saturated carbocycles. The van der Waals surface area contributed by atoms with Crippen LogP contribution in [0.4, 0.5) is 0 Å². The first-order chi connectivity index (χ1) is 9.56. The maximum absolute atomic E-state index is 10.6. The van der Waals surface area contributed by atoms with E-state index in [1.807, 2.05) is 12.1 Å². The lowest BCUT2D eigenvalue weighted by Crippen LogP contribution is -2.04. The Balaban J connectivity index is 2.50. The minimum absolute atomic E-state index is 0.541. The summed E-state index contributed by atoms with van der Waals surface area (Å²) in [7, 11) is 3.14. The van der Waals surface area contributed by atoms with Gasteiger partial charge in [0.1, 0.15) is 17.6 Å². The topological polar surface area (TPSA) is 38.7 Å². The van der Waals surface area contributed by atoms with Gasteiger partial charge in [0.2, 0.25) is 0 Å². The number of hydrogen-bond acceptors (Lipinski definition) is 3. The molecule has 1 unspecified atom stereocenters. The molecule has 0 heterocycles. The van der Waals surface area contributed by atoms with E-state index in [2.05, 4.69) is 15.9 Å². The highest BCUT2D eigenvalue weighted by molar-refractivity contribution is 9.10. The average Bonchev–Trinajstić information content (AvgIpc) is 2.47. The molecule has 2 aromatic rings. The number of halogens is 2. The highest BCUT2D eigenvalue weighted by atomic mass is 79.9. The lowest BCUT2D eigenvalue weighted by atomic mass is 10.0. The number of aliphatic hydroxyl groups is 1. The quantitative estimate of drug-likeness (QED) is 0.891. The Morgan fingerprint density at radius 2 is 1.80 bits per heavy atom. The monoisotopic (exact) mass is 356 g/mol. The molecule has 3 nitrogen and oxygen atoms in total. The summed E-state index contributed by atoms with van der Waals surface area (Å²) in [6.07, 6.45) is -0.867. The number of rotatable bonds is 4. The second kappa shape index (κ2) is 6.48. The Morgan fingerprint density at radius 1 is 1.05 bits per heavy atom. The zero-order chi connectivity index (χ0) is 14.7. The summed E-state index contributed by atoms with van der Waals surface area (Å²) in [5.41, 5.74) is 1.29. The van der Waals surface area contributed by atoms with Crippen LogP contribution in [0.25, 0.3) is 0 Å². The largest absolute Gasteiger partial charge is 0.497 e. The predicted molar refractivity (Wildman–Crippen MR) is 82.8 cm³/mol. The molecule has 0 fully saturated rings. The van der Waals surface area contributed by atoms with E-state index < -0.39 is 6.10 Å². The Morgan fingerprint density at radius 3 is 2.45 bits per heavy atom. The van der Waals surface area contributed by atoms with Crippen molar-refractivity contribution >= 4 is 27.5 Å². The van der Waals surface area contributed by atoms with Gasteiger partial charge in [-0.15, -0.1) is 0 Å². The lowest BCUT2D eigenvalue weighted by Gasteiger charge is -2.17. The number of methoxy groups -OCH3 is 2. The van der Waals surface area contributed by atoms with Crippen molar-refractivity contribution in [2.45, 2.75) is 6.10 Å². The minimum Gasteiger partial charge on any atom is -0.497 e. The van der Waals surface area contributed by atoms with Crippen LogP contribution in [0.3, 0.4) is 0 Å². The van der Waals surface area contributed by atoms with E-state index in [4.69, 9.17) is 21.1 Å². The van der Waals surface area contributed by atoms with Gasteiger partial charge in [-0.1, -0.05) is 27.5 Å². The van der Waals surface area contributed by atoms with Crippen LogP contribution in [-0.2, 0) is 0 Å². The molecule has 0 aromatic heterocycles. The van der Waals surface area contributed by atoms with Crippen molar-refractivity contribution in [2.75, 3.05) is 14.2 Å². The first kappa shape index (κ1) is 15.2. The molecule has 0 saturated heterocycles. The number of hydrogen-bond donors (Lipinski definition) is 1. The van der Waals surface area contributed by atoms with Gasteiger partial charge >= 0.3 is 0 Å². The van der Waals surface area contributed by atoms with Crippen molar-refractivity contribution in [1.29, 1.82) is 0 Å². The van der Waals surface area contributed by atoms with E-state index in [1.165, 1.54) is 0 Å². The van der Waals surface area contributed by atoms with Crippen molar-refractivity contribution in [3.63, 3.8) is 0 Å². The smallest absolute Gasteiger partial charge is 0.125 e. The zero-order valence-electron chi connectivity index (χ0n) is 11.1. The second-order valence-corrected chi connectivity index (χ2v) is 5.47. The summed E-state index contributed by atoms with van der Waals surface area (Å²) >= 11 is 9.43. The first-order valence-electron chi connectivity index (χ1n) is 5.91. The van der Waals surface area contributed by atoms with Crippen LogP contribution in [0.2, 0.25) is 5.02 Å². The molecule has 0 amide bonds. The molecular formula is C15H14BrClO3. The third kappa shape index (κ3) is 3.08. The van der Waals surface area contributed by atoms with Crippen molar-refractivity contribution in [3.8, 4) is 11.5 Å². The molecule has 0 radical (unpaired) electrons. The van der Waals surface area contributed by atoms with Gasteiger partial charge in [-0.2, -0.15) is 0 Å². The third-order valence-electron chi connectivity index (χ3n) is 2.98. The molecule has 20 heavy (non-hydrogen) atoms. The molecule has 0 aliphatic carbocycles. The molecule has 5 heteroatoms. The van der Waals surface area contributed by atoms with Gasteiger partial charge in [0, 0.05) is 20.6 Å². The molecular weight excluding hydrogens is 344 g/mol. The van der Waals surface area contributed by atoms with Crippen molar-refractivity contribution < 1.29 is 14.6 Å². The molecule has 2 aromatic carbocycles. The fraction of sp³-hybridized carbons (Fsp3) is 0.200. The molecule has 106 valence electrons. The van der Waals surface area contributed by atoms with E-state index >= 15 is 0 Å². The highest BCUT2D eigenvalue weighted by Gasteiger charge is 2.19. The Kier molecular flexibility index (Phi) is 4.91. The Labute approximate surface area is 131 Å². The van der Waals surface area contributed by atoms with E-state index in [9.17, 15) is 5.11 Å². The standard InChI is InChI=1S/C15H14BrClO3/c1-19-10-4-5-13(16)11(8-10)15(18)12-7-9(17)3-6-14(12)20-2/h3-8,15,18H,1-2H3. The lowest BCUT2D eigenvalue weighted by molar-refractivity contribution is 0.213. The maximum Gasteiger partial charge on any atom is 0.125 e. The maximum atomic E-state index is 10.6. The van der Waals surface area contributed by atoms with Crippen LogP contribution < -0.4 is 9.47 Å². The SMILES string of the molecule is COc1ccc(Br)c(C(O)c2cc(Cl)ccc2OC)c1. The van der Waals surface area contributed by atoms with Gasteiger partial charge in [-0.25, -0.2) is 0 Å². The molecule has 2 rings (SSSR count). The fourth-order valence-electron chi connectivity index (χ4n) is 1.94. The van der Waals surface area contributed by atoms with Crippen LogP contribution in [0, 0.1) is 0 Å². The normalized spacial score (nSPS) is 12.1. The molecule has 1 N–H and O–H groups in total. The fourth-order valence-corrected chi connectivity index (χ4v) is 2.59. The summed E-state index contributed by atoms with van der Waals surface area (Å²) in [5.74, 6) is 1.25. The number of aliphatic hydroxyl groups excluding tert-OH is 1. The van der Waals surface area contributed by atoms with Crippen LogP contribution in [0.1, 0.15) is 17.2 Å². The van der Waals surface area contributed by atoms with E-state index in [1.54, 1.807) is 38.5 Å². The third-order valence-corrected chi connectivity index (χ3v) is 3.94. The summed E-state index contributed by atoms with van der Waals surface area (Å²) in [5, 5.41) is 11.1. The first-order valence-corrected chi connectivity index (χ1v) is 7.09. The van der Waals surface area contributed by atoms with Gasteiger partial charge in [-0.05, 0) is 36.4 Å². The van der Waals surface area contributed by atoms with E-state index in [0.29, 0.717) is 27.6 Å². The van der Waals surface area contributed by atoms with E-state index in [-0.39, 0.29) is 0 Å². The Hall–Kier alpha value is -1.23. The van der Waals surface area contributed by atoms with Gasteiger partial charge in [0.25, 0.3) is 0 Å². The number of ether oxygens (including phenoxy) is 2. The van der Waals surface area contributed by atoms with Crippen LogP contribution >= 0.6 is 27.5 Å². The highest BCUT2D eigenvalue weighted by Crippen LogP contribution is 2.36. The van der Waals surface area contributed by atoms with Gasteiger partial charge in [0.05, 0.1) is 14.2 Å². The molecule has 0 bridgehead atoms. The molecule has 0 aliphatic heterocycles. The van der Waals surface area contributed by atoms with Crippen molar-refractivity contribution in [2.24, 2.45) is 0 Å². The van der Waals surface area contributed by atoms with Crippen molar-refractivity contribution in [1.82, 2.24) is 0 Å². The summed E-state index contributed by atoms with van der Waals surface area (Å²) < 4.78 is 11.2.